The maximum atomic E-state index is 12.7. The van der Waals surface area contributed by atoms with Crippen LogP contribution in [-0.4, -0.2) is 146 Å². The Hall–Kier alpha value is -0.820. The van der Waals surface area contributed by atoms with Gasteiger partial charge in [-0.3, -0.25) is 0 Å². The van der Waals surface area contributed by atoms with E-state index in [9.17, 15) is 40.9 Å². The normalized spacial score (nSPS) is 57.2. The van der Waals surface area contributed by atoms with Crippen molar-refractivity contribution in [3.63, 3.8) is 0 Å². The molecule has 7 fully saturated rings. The van der Waals surface area contributed by atoms with Crippen LogP contribution in [0, 0.1) is 40.4 Å². The molecule has 0 bridgehead atoms. The van der Waals surface area contributed by atoms with Crippen molar-refractivity contribution in [1.29, 1.82) is 0 Å². The molecule has 14 heteroatoms. The highest BCUT2D eigenvalue weighted by Crippen LogP contribution is 2.72. The molecule has 8 rings (SSSR count). The molecule has 296 valence electrons. The monoisotopic (exact) mass is 740 g/mol. The number of aliphatic hydroxyl groups excluding tert-OH is 7. The van der Waals surface area contributed by atoms with Crippen LogP contribution in [-0.2, 0) is 28.4 Å². The van der Waals surface area contributed by atoms with E-state index in [1.165, 1.54) is 5.57 Å². The first-order valence-electron chi connectivity index (χ1n) is 19.6. The van der Waals surface area contributed by atoms with Crippen LogP contribution in [0.15, 0.2) is 11.6 Å². The lowest BCUT2D eigenvalue weighted by Crippen LogP contribution is -2.62. The largest absolute Gasteiger partial charge is 0.396 e. The lowest BCUT2D eigenvalue weighted by atomic mass is 9.46. The van der Waals surface area contributed by atoms with Gasteiger partial charge in [-0.05, 0) is 74.5 Å². The molecule has 14 nitrogen and oxygen atoms in total. The van der Waals surface area contributed by atoms with Crippen LogP contribution in [0.25, 0.3) is 0 Å². The summed E-state index contributed by atoms with van der Waals surface area (Å²) in [6, 6.07) is 0. The predicted molar refractivity (Wildman–Crippen MR) is 180 cm³/mol. The SMILES string of the molecule is C[C@@H]1[C@@]2(CC[C@@H](CO)CO2)O[C@H]2C[C@H]3[C@@H]4CC=C5C[C@@H](O[C@@H]6O[C@H](CO)[C@@H](O[C@@H]7O[C@@H](CO)[C@H](O)[C@H]7O)[C@H](O)[C@H]6O)CC[C@]5(C)[C@H]4CC[C@]3(C)[C@]21O. The van der Waals surface area contributed by atoms with E-state index >= 15 is 0 Å². The summed E-state index contributed by atoms with van der Waals surface area (Å²) in [7, 11) is 0. The summed E-state index contributed by atoms with van der Waals surface area (Å²) in [6.07, 6.45) is -2.92. The van der Waals surface area contributed by atoms with Crippen LogP contribution >= 0.6 is 0 Å². The number of hydrogen-bond acceptors (Lipinski definition) is 14. The number of ether oxygens (including phenoxy) is 6. The first-order chi connectivity index (χ1) is 24.7. The van der Waals surface area contributed by atoms with Gasteiger partial charge in [0.25, 0.3) is 0 Å². The molecule has 8 aliphatic rings. The highest BCUT2D eigenvalue weighted by atomic mass is 16.7. The highest BCUT2D eigenvalue weighted by molar-refractivity contribution is 5.29. The molecule has 20 atom stereocenters. The molecule has 4 aliphatic carbocycles. The van der Waals surface area contributed by atoms with Crippen molar-refractivity contribution < 1.29 is 69.3 Å². The third kappa shape index (κ3) is 5.49. The Morgan fingerprint density at radius 2 is 1.52 bits per heavy atom. The molecule has 4 aliphatic heterocycles. The summed E-state index contributed by atoms with van der Waals surface area (Å²) in [5.74, 6) is 0.311. The molecule has 52 heavy (non-hydrogen) atoms. The van der Waals surface area contributed by atoms with Crippen molar-refractivity contribution >= 4 is 0 Å². The van der Waals surface area contributed by atoms with E-state index in [1.54, 1.807) is 0 Å². The summed E-state index contributed by atoms with van der Waals surface area (Å²) in [4.78, 5) is 0. The van der Waals surface area contributed by atoms with E-state index in [1.807, 2.05) is 0 Å². The predicted octanol–water partition coefficient (Wildman–Crippen LogP) is 0.0887. The van der Waals surface area contributed by atoms with Crippen LogP contribution in [0.5, 0.6) is 0 Å². The molecule has 4 heterocycles. The van der Waals surface area contributed by atoms with E-state index in [0.29, 0.717) is 37.2 Å². The molecular formula is C38H60O14. The zero-order valence-corrected chi connectivity index (χ0v) is 30.5. The fourth-order valence-corrected chi connectivity index (χ4v) is 12.4. The van der Waals surface area contributed by atoms with Crippen LogP contribution < -0.4 is 0 Å². The first-order valence-corrected chi connectivity index (χ1v) is 19.6. The average Bonchev–Trinajstić information content (AvgIpc) is 3.63. The van der Waals surface area contributed by atoms with Crippen molar-refractivity contribution in [2.24, 2.45) is 40.4 Å². The molecule has 8 N–H and O–H groups in total. The zero-order valence-electron chi connectivity index (χ0n) is 30.5. The van der Waals surface area contributed by atoms with E-state index < -0.39 is 79.9 Å². The summed E-state index contributed by atoms with van der Waals surface area (Å²) in [6.45, 7) is 6.20. The average molecular weight is 741 g/mol. The molecule has 0 aromatic carbocycles. The summed E-state index contributed by atoms with van der Waals surface area (Å²) < 4.78 is 36.5. The van der Waals surface area contributed by atoms with Gasteiger partial charge in [0.1, 0.15) is 48.3 Å². The third-order valence-electron chi connectivity index (χ3n) is 15.6. The zero-order chi connectivity index (χ0) is 37.0. The van der Waals surface area contributed by atoms with Gasteiger partial charge in [0.15, 0.2) is 18.4 Å². The van der Waals surface area contributed by atoms with Gasteiger partial charge < -0.3 is 69.3 Å². The molecule has 4 saturated heterocycles. The maximum Gasteiger partial charge on any atom is 0.187 e. The highest BCUT2D eigenvalue weighted by Gasteiger charge is 2.76. The first kappa shape index (κ1) is 38.1. The Morgan fingerprint density at radius 3 is 2.19 bits per heavy atom. The van der Waals surface area contributed by atoms with Gasteiger partial charge in [0, 0.05) is 30.3 Å². The van der Waals surface area contributed by atoms with Crippen molar-refractivity contribution in [2.75, 3.05) is 26.4 Å². The number of hydrogen-bond donors (Lipinski definition) is 8. The van der Waals surface area contributed by atoms with Gasteiger partial charge in [-0.1, -0.05) is 32.4 Å². The topological polar surface area (TPSA) is 217 Å². The smallest absolute Gasteiger partial charge is 0.187 e. The van der Waals surface area contributed by atoms with Crippen LogP contribution in [0.4, 0.5) is 0 Å². The summed E-state index contributed by atoms with van der Waals surface area (Å²) in [5, 5.41) is 84.5. The standard InChI is InChI=1S/C38H60O14/c1-18-37(11-6-19(14-39)17-47-37)52-27-13-24-22-5-4-20-12-21(7-9-35(20,2)23(22)8-10-36(24,3)38(18,27)46)48-33-31(45)29(43)32(26(16-41)50-33)51-34-30(44)28(42)25(15-40)49-34/h4,18-19,21-34,39-46H,5-17H2,1-3H3/t18-,19+,21+,22-,23+,24+,25+,26-,27+,28+,29-,30-,31-,32-,33-,34+,35+,36+,37-,38-/m1/s1. The van der Waals surface area contributed by atoms with Crippen LogP contribution in [0.2, 0.25) is 0 Å². The molecule has 1 spiro atoms. The lowest BCUT2D eigenvalue weighted by Gasteiger charge is -2.60. The molecular weight excluding hydrogens is 680 g/mol. The maximum absolute atomic E-state index is 12.7. The van der Waals surface area contributed by atoms with Gasteiger partial charge in [-0.25, -0.2) is 0 Å². The Kier molecular flexibility index (Phi) is 10.0. The summed E-state index contributed by atoms with van der Waals surface area (Å²) in [5.41, 5.74) is 0.00287. The minimum absolute atomic E-state index is 0.0405. The van der Waals surface area contributed by atoms with Gasteiger partial charge in [0.2, 0.25) is 0 Å². The van der Waals surface area contributed by atoms with E-state index in [-0.39, 0.29) is 41.5 Å². The lowest BCUT2D eigenvalue weighted by molar-refractivity contribution is -0.337. The second kappa shape index (κ2) is 13.7. The van der Waals surface area contributed by atoms with Crippen LogP contribution in [0.1, 0.15) is 78.6 Å². The van der Waals surface area contributed by atoms with Gasteiger partial charge in [-0.15, -0.1) is 0 Å². The summed E-state index contributed by atoms with van der Waals surface area (Å²) >= 11 is 0. The van der Waals surface area contributed by atoms with E-state index in [0.717, 1.165) is 44.9 Å². The fourth-order valence-electron chi connectivity index (χ4n) is 12.4. The number of aliphatic hydroxyl groups is 8. The van der Waals surface area contributed by atoms with Gasteiger partial charge in [0.05, 0.1) is 32.0 Å². The van der Waals surface area contributed by atoms with Crippen LogP contribution in [0.3, 0.4) is 0 Å². The van der Waals surface area contributed by atoms with Crippen molar-refractivity contribution in [3.8, 4) is 0 Å². The minimum Gasteiger partial charge on any atom is -0.396 e. The molecule has 0 unspecified atom stereocenters. The second-order valence-electron chi connectivity index (χ2n) is 17.8. The van der Waals surface area contributed by atoms with Crippen molar-refractivity contribution in [3.05, 3.63) is 11.6 Å². The number of allylic oxidation sites excluding steroid dienone is 1. The minimum atomic E-state index is -1.55. The Balaban J connectivity index is 0.925. The van der Waals surface area contributed by atoms with Crippen molar-refractivity contribution in [2.45, 2.75) is 157 Å². The van der Waals surface area contributed by atoms with E-state index in [2.05, 4.69) is 26.8 Å². The van der Waals surface area contributed by atoms with E-state index in [4.69, 9.17) is 28.4 Å². The molecule has 0 amide bonds. The molecule has 0 aromatic rings. The number of fused-ring (bicyclic) bond motifs is 7. The number of rotatable bonds is 7. The molecule has 0 radical (unpaired) electrons. The second-order valence-corrected chi connectivity index (χ2v) is 17.8. The fraction of sp³-hybridized carbons (Fsp3) is 0.947. The Morgan fingerprint density at radius 1 is 0.808 bits per heavy atom. The van der Waals surface area contributed by atoms with Gasteiger partial charge >= 0.3 is 0 Å². The third-order valence-corrected chi connectivity index (χ3v) is 15.6. The van der Waals surface area contributed by atoms with Crippen molar-refractivity contribution in [1.82, 2.24) is 0 Å². The van der Waals surface area contributed by atoms with Gasteiger partial charge in [-0.2, -0.15) is 0 Å². The quantitative estimate of drug-likeness (QED) is 0.163. The molecule has 3 saturated carbocycles. The molecule has 0 aromatic heterocycles. The Bertz CT molecular complexity index is 1340. The Labute approximate surface area is 305 Å².